The van der Waals surface area contributed by atoms with Gasteiger partial charge in [0.05, 0.1) is 11.9 Å². The predicted octanol–water partition coefficient (Wildman–Crippen LogP) is 6.06. The number of ketones is 1. The average molecular weight is 415 g/mol. The second-order valence-electron chi connectivity index (χ2n) is 6.85. The molecule has 0 bridgehead atoms. The summed E-state index contributed by atoms with van der Waals surface area (Å²) in [6, 6.07) is 25.4. The molecule has 150 valence electrons. The summed E-state index contributed by atoms with van der Waals surface area (Å²) in [5.74, 6) is 0.823. The van der Waals surface area contributed by atoms with Crippen molar-refractivity contribution < 1.29 is 9.53 Å². The number of thioether (sulfide) groups is 1. The van der Waals surface area contributed by atoms with Gasteiger partial charge in [0, 0.05) is 21.9 Å². The van der Waals surface area contributed by atoms with Gasteiger partial charge in [-0.25, -0.2) is 0 Å². The van der Waals surface area contributed by atoms with E-state index in [0.29, 0.717) is 12.2 Å². The van der Waals surface area contributed by atoms with Gasteiger partial charge < -0.3 is 4.74 Å². The molecule has 0 N–H and O–H groups in total. The SMILES string of the molecule is CCOc1ccc(C(=O)[C@H](C)Sc2nnc(-c3ccccc3)c3ccccc23)cc1. The fourth-order valence-electron chi connectivity index (χ4n) is 3.31. The van der Waals surface area contributed by atoms with Gasteiger partial charge >= 0.3 is 0 Å². The highest BCUT2D eigenvalue weighted by Crippen LogP contribution is 2.34. The normalized spacial score (nSPS) is 11.9. The van der Waals surface area contributed by atoms with Gasteiger partial charge in [-0.05, 0) is 38.1 Å². The minimum atomic E-state index is -0.289. The molecule has 4 aromatic rings. The zero-order valence-electron chi connectivity index (χ0n) is 16.9. The summed E-state index contributed by atoms with van der Waals surface area (Å²) in [5, 5.41) is 11.5. The Labute approximate surface area is 180 Å². The number of benzene rings is 3. The highest BCUT2D eigenvalue weighted by atomic mass is 32.2. The Morgan fingerprint density at radius 1 is 0.900 bits per heavy atom. The Morgan fingerprint density at radius 3 is 2.27 bits per heavy atom. The third-order valence-electron chi connectivity index (χ3n) is 4.81. The first kappa shape index (κ1) is 20.1. The molecule has 5 heteroatoms. The van der Waals surface area contributed by atoms with Gasteiger partial charge in [-0.1, -0.05) is 66.4 Å². The Bertz CT molecular complexity index is 1160. The summed E-state index contributed by atoms with van der Waals surface area (Å²) in [6.45, 7) is 4.45. The lowest BCUT2D eigenvalue weighted by molar-refractivity contribution is 0.0994. The van der Waals surface area contributed by atoms with E-state index in [9.17, 15) is 4.79 Å². The maximum Gasteiger partial charge on any atom is 0.175 e. The minimum absolute atomic E-state index is 0.0565. The number of fused-ring (bicyclic) bond motifs is 1. The van der Waals surface area contributed by atoms with Crippen molar-refractivity contribution in [2.24, 2.45) is 0 Å². The monoisotopic (exact) mass is 414 g/mol. The molecule has 1 heterocycles. The van der Waals surface area contributed by atoms with E-state index in [1.807, 2.05) is 86.6 Å². The molecule has 1 aromatic heterocycles. The molecule has 4 nitrogen and oxygen atoms in total. The first-order valence-corrected chi connectivity index (χ1v) is 10.8. The fraction of sp³-hybridized carbons (Fsp3) is 0.160. The smallest absolute Gasteiger partial charge is 0.175 e. The van der Waals surface area contributed by atoms with Crippen molar-refractivity contribution in [1.29, 1.82) is 0 Å². The number of hydrogen-bond acceptors (Lipinski definition) is 5. The van der Waals surface area contributed by atoms with Crippen molar-refractivity contribution >= 4 is 28.3 Å². The van der Waals surface area contributed by atoms with Crippen LogP contribution in [0.25, 0.3) is 22.0 Å². The number of aromatic nitrogens is 2. The van der Waals surface area contributed by atoms with Gasteiger partial charge in [0.15, 0.2) is 5.78 Å². The van der Waals surface area contributed by atoms with Crippen LogP contribution in [0.5, 0.6) is 5.75 Å². The molecule has 30 heavy (non-hydrogen) atoms. The molecule has 0 aliphatic heterocycles. The summed E-state index contributed by atoms with van der Waals surface area (Å²) >= 11 is 1.44. The van der Waals surface area contributed by atoms with Crippen molar-refractivity contribution in [1.82, 2.24) is 10.2 Å². The topological polar surface area (TPSA) is 52.1 Å². The van der Waals surface area contributed by atoms with Crippen LogP contribution in [0.15, 0.2) is 83.9 Å². The van der Waals surface area contributed by atoms with Crippen LogP contribution < -0.4 is 4.74 Å². The number of ether oxygens (including phenoxy) is 1. The zero-order valence-corrected chi connectivity index (χ0v) is 17.7. The van der Waals surface area contributed by atoms with Gasteiger partial charge in [0.1, 0.15) is 16.5 Å². The average Bonchev–Trinajstić information content (AvgIpc) is 2.80. The maximum absolute atomic E-state index is 12.9. The van der Waals surface area contributed by atoms with E-state index in [4.69, 9.17) is 4.74 Å². The molecule has 0 saturated heterocycles. The highest BCUT2D eigenvalue weighted by molar-refractivity contribution is 8.00. The summed E-state index contributed by atoms with van der Waals surface area (Å²) in [5.41, 5.74) is 2.54. The lowest BCUT2D eigenvalue weighted by atomic mass is 10.1. The van der Waals surface area contributed by atoms with Gasteiger partial charge in [-0.3, -0.25) is 4.79 Å². The Kier molecular flexibility index (Phi) is 6.10. The van der Waals surface area contributed by atoms with Crippen molar-refractivity contribution in [3.8, 4) is 17.0 Å². The van der Waals surface area contributed by atoms with Crippen molar-refractivity contribution in [3.63, 3.8) is 0 Å². The van der Waals surface area contributed by atoms with Crippen LogP contribution in [0.3, 0.4) is 0 Å². The number of hydrogen-bond donors (Lipinski definition) is 0. The number of nitrogens with zero attached hydrogens (tertiary/aromatic N) is 2. The van der Waals surface area contributed by atoms with E-state index >= 15 is 0 Å². The highest BCUT2D eigenvalue weighted by Gasteiger charge is 2.20. The van der Waals surface area contributed by atoms with Crippen LogP contribution in [0.2, 0.25) is 0 Å². The van der Waals surface area contributed by atoms with E-state index < -0.39 is 0 Å². The van der Waals surface area contributed by atoms with Gasteiger partial charge in [0.25, 0.3) is 0 Å². The molecule has 4 rings (SSSR count). The lowest BCUT2D eigenvalue weighted by Crippen LogP contribution is -2.14. The largest absolute Gasteiger partial charge is 0.494 e. The number of Topliss-reactive ketones (excluding diaryl/α,β-unsaturated/α-hetero) is 1. The summed E-state index contributed by atoms with van der Waals surface area (Å²) in [6.07, 6.45) is 0. The standard InChI is InChI=1S/C25H22N2O2S/c1-3-29-20-15-13-19(14-16-20)24(28)17(2)30-25-22-12-8-7-11-21(22)23(26-27-25)18-9-5-4-6-10-18/h4-17H,3H2,1-2H3/t17-/m0/s1. The summed E-state index contributed by atoms with van der Waals surface area (Å²) in [4.78, 5) is 12.9. The molecule has 0 saturated carbocycles. The van der Waals surface area contributed by atoms with Gasteiger partial charge in [0.2, 0.25) is 0 Å². The van der Waals surface area contributed by atoms with Crippen LogP contribution >= 0.6 is 11.8 Å². The molecule has 0 radical (unpaired) electrons. The Balaban J connectivity index is 1.61. The molecule has 0 fully saturated rings. The second-order valence-corrected chi connectivity index (χ2v) is 8.18. The molecule has 0 aliphatic carbocycles. The number of rotatable bonds is 7. The van der Waals surface area contributed by atoms with E-state index in [0.717, 1.165) is 32.8 Å². The van der Waals surface area contributed by atoms with Crippen LogP contribution in [0.4, 0.5) is 0 Å². The van der Waals surface area contributed by atoms with E-state index in [1.54, 1.807) is 0 Å². The van der Waals surface area contributed by atoms with Gasteiger partial charge in [-0.15, -0.1) is 10.2 Å². The number of carbonyl (C=O) groups excluding carboxylic acids is 1. The fourth-order valence-corrected chi connectivity index (χ4v) is 4.28. The molecule has 1 atom stereocenters. The minimum Gasteiger partial charge on any atom is -0.494 e. The summed E-state index contributed by atoms with van der Waals surface area (Å²) in [7, 11) is 0. The molecule has 3 aromatic carbocycles. The zero-order chi connectivity index (χ0) is 20.9. The first-order valence-electron chi connectivity index (χ1n) is 9.92. The third kappa shape index (κ3) is 4.21. The van der Waals surface area contributed by atoms with Crippen LogP contribution in [-0.4, -0.2) is 27.8 Å². The van der Waals surface area contributed by atoms with Crippen molar-refractivity contribution in [2.45, 2.75) is 24.1 Å². The molecule has 0 amide bonds. The Hall–Kier alpha value is -3.18. The molecule has 0 aliphatic rings. The molecule has 0 unspecified atom stereocenters. The van der Waals surface area contributed by atoms with Gasteiger partial charge in [-0.2, -0.15) is 0 Å². The van der Waals surface area contributed by atoms with E-state index in [2.05, 4.69) is 16.3 Å². The van der Waals surface area contributed by atoms with E-state index in [1.165, 1.54) is 11.8 Å². The van der Waals surface area contributed by atoms with E-state index in [-0.39, 0.29) is 11.0 Å². The van der Waals surface area contributed by atoms with Crippen LogP contribution in [0, 0.1) is 0 Å². The molecule has 0 spiro atoms. The first-order chi connectivity index (χ1) is 14.7. The quantitative estimate of drug-likeness (QED) is 0.272. The van der Waals surface area contributed by atoms with Crippen molar-refractivity contribution in [3.05, 3.63) is 84.4 Å². The van der Waals surface area contributed by atoms with Crippen molar-refractivity contribution in [2.75, 3.05) is 6.61 Å². The molecular weight excluding hydrogens is 392 g/mol. The van der Waals surface area contributed by atoms with Crippen LogP contribution in [0.1, 0.15) is 24.2 Å². The second kappa shape index (κ2) is 9.09. The third-order valence-corrected chi connectivity index (χ3v) is 5.90. The number of carbonyl (C=O) groups is 1. The summed E-state index contributed by atoms with van der Waals surface area (Å²) < 4.78 is 5.46. The predicted molar refractivity (Wildman–Crippen MR) is 122 cm³/mol. The maximum atomic E-state index is 12.9. The lowest BCUT2D eigenvalue weighted by Gasteiger charge is -2.13. The Morgan fingerprint density at radius 2 is 1.57 bits per heavy atom. The van der Waals surface area contributed by atoms with Crippen LogP contribution in [-0.2, 0) is 0 Å². The molecular formula is C25H22N2O2S.